The molecule has 0 radical (unpaired) electrons. The molecule has 0 aliphatic heterocycles. The molecule has 0 aliphatic carbocycles. The van der Waals surface area contributed by atoms with Crippen molar-refractivity contribution in [3.05, 3.63) is 167 Å². The molecule has 0 bridgehead atoms. The van der Waals surface area contributed by atoms with Gasteiger partial charge in [-0.3, -0.25) is 24.0 Å². The quantitative estimate of drug-likeness (QED) is 0.257. The molecule has 0 saturated heterocycles. The first-order valence-electron chi connectivity index (χ1n) is 13.4. The van der Waals surface area contributed by atoms with E-state index in [1.165, 1.54) is 48.5 Å². The van der Waals surface area contributed by atoms with Crippen molar-refractivity contribution < 1.29 is 13.6 Å². The summed E-state index contributed by atoms with van der Waals surface area (Å²) < 4.78 is 10.8. The van der Waals surface area contributed by atoms with E-state index in [0.29, 0.717) is 0 Å². The van der Waals surface area contributed by atoms with Crippen LogP contribution in [0.3, 0.4) is 0 Å². The van der Waals surface area contributed by atoms with Crippen LogP contribution in [0.25, 0.3) is 54.5 Å². The Kier molecular flexibility index (Phi) is 5.26. The number of benzene rings is 4. The van der Waals surface area contributed by atoms with Crippen LogP contribution in [0.2, 0.25) is 0 Å². The normalized spacial score (nSPS) is 11.8. The van der Waals surface area contributed by atoms with Crippen molar-refractivity contribution in [3.8, 4) is 11.4 Å². The highest BCUT2D eigenvalue weighted by molar-refractivity contribution is 6.09. The number of fused-ring (bicyclic) bond motifs is 4. The van der Waals surface area contributed by atoms with Gasteiger partial charge in [0.25, 0.3) is 22.2 Å². The number of carbonyl (C=O) groups excluding carboxylic acids is 1. The molecule has 13 heteroatoms. The van der Waals surface area contributed by atoms with Gasteiger partial charge in [-0.05, 0) is 72.8 Å². The van der Waals surface area contributed by atoms with E-state index in [1.807, 2.05) is 0 Å². The van der Waals surface area contributed by atoms with Crippen molar-refractivity contribution in [1.82, 2.24) is 9.13 Å². The molecule has 8 aromatic rings. The number of carbonyl (C=O) groups is 1. The Morgan fingerprint density at radius 3 is 0.913 bits per heavy atom. The molecule has 220 valence electrons. The van der Waals surface area contributed by atoms with Crippen LogP contribution >= 0.6 is 0 Å². The van der Waals surface area contributed by atoms with Crippen molar-refractivity contribution >= 4 is 48.9 Å². The lowest BCUT2D eigenvalue weighted by molar-refractivity contribution is 0.103. The van der Waals surface area contributed by atoms with Crippen LogP contribution in [0.5, 0.6) is 0 Å². The minimum Gasteiger partial charge on any atom is -0.386 e. The summed E-state index contributed by atoms with van der Waals surface area (Å²) in [5, 5.41) is -0.660. The van der Waals surface area contributed by atoms with Crippen LogP contribution in [0, 0.1) is 0 Å². The zero-order chi connectivity index (χ0) is 32.2. The average Bonchev–Trinajstić information content (AvgIpc) is 3.68. The van der Waals surface area contributed by atoms with Crippen molar-refractivity contribution in [1.29, 1.82) is 0 Å². The average molecular weight is 612 g/mol. The molecular weight excluding hydrogens is 600 g/mol. The van der Waals surface area contributed by atoms with Crippen LogP contribution in [-0.2, 0) is 0 Å². The maximum atomic E-state index is 13.2. The molecule has 4 aromatic carbocycles. The third-order valence-electron chi connectivity index (χ3n) is 8.08. The van der Waals surface area contributed by atoms with Crippen LogP contribution in [0.15, 0.2) is 120 Å². The molecule has 0 atom stereocenters. The van der Waals surface area contributed by atoms with Gasteiger partial charge in [0.1, 0.15) is 0 Å². The fraction of sp³-hybridized carbons (Fsp3) is 0. The third kappa shape index (κ3) is 3.53. The van der Waals surface area contributed by atoms with Gasteiger partial charge in [-0.25, -0.2) is 28.3 Å². The van der Waals surface area contributed by atoms with Crippen molar-refractivity contribution in [2.75, 3.05) is 0 Å². The lowest BCUT2D eigenvalue weighted by Gasteiger charge is -2.06. The van der Waals surface area contributed by atoms with Gasteiger partial charge in [-0.1, -0.05) is 0 Å². The second-order valence-corrected chi connectivity index (χ2v) is 10.6. The van der Waals surface area contributed by atoms with Crippen LogP contribution in [-0.4, -0.2) is 14.9 Å². The van der Waals surface area contributed by atoms with Crippen molar-refractivity contribution in [2.24, 2.45) is 0 Å². The summed E-state index contributed by atoms with van der Waals surface area (Å²) in [6.07, 6.45) is 0. The zero-order valence-electron chi connectivity index (χ0n) is 22.8. The molecule has 46 heavy (non-hydrogen) atoms. The van der Waals surface area contributed by atoms with E-state index in [-0.39, 0.29) is 65.6 Å². The van der Waals surface area contributed by atoms with E-state index >= 15 is 0 Å². The Morgan fingerprint density at radius 1 is 0.391 bits per heavy atom. The fourth-order valence-corrected chi connectivity index (χ4v) is 5.80. The molecule has 0 saturated carbocycles. The first kappa shape index (κ1) is 26.7. The Labute approximate surface area is 250 Å². The summed E-state index contributed by atoms with van der Waals surface area (Å²) in [6.45, 7) is 0. The molecule has 8 rings (SSSR count). The molecule has 4 heterocycles. The number of nitrogens with zero attached hydrogens (tertiary/aromatic N) is 2. The largest absolute Gasteiger partial charge is 0.386 e. The molecule has 0 unspecified atom stereocenters. The lowest BCUT2D eigenvalue weighted by atomic mass is 10.0. The van der Waals surface area contributed by atoms with E-state index in [0.717, 1.165) is 33.4 Å². The summed E-state index contributed by atoms with van der Waals surface area (Å²) in [6, 6.07) is 15.8. The molecule has 0 N–H and O–H groups in total. The number of furan rings is 2. The molecule has 0 fully saturated rings. The smallest absolute Gasteiger partial charge is 0.346 e. The van der Waals surface area contributed by atoms with E-state index < -0.39 is 50.5 Å². The van der Waals surface area contributed by atoms with E-state index in [1.54, 1.807) is 0 Å². The summed E-state index contributed by atoms with van der Waals surface area (Å²) in [7, 11) is 0. The number of ketones is 1. The number of rotatable bonds is 4. The van der Waals surface area contributed by atoms with Crippen molar-refractivity contribution in [2.45, 2.75) is 0 Å². The number of hydrogen-bond donors (Lipinski definition) is 0. The molecule has 13 nitrogen and oxygen atoms in total. The van der Waals surface area contributed by atoms with Gasteiger partial charge in [0.2, 0.25) is 0 Å². The van der Waals surface area contributed by atoms with Gasteiger partial charge >= 0.3 is 22.5 Å². The highest BCUT2D eigenvalue weighted by Crippen LogP contribution is 2.19. The maximum absolute atomic E-state index is 13.2. The molecule has 0 aliphatic rings. The van der Waals surface area contributed by atoms with Crippen LogP contribution in [0.4, 0.5) is 0 Å². The fourth-order valence-electron chi connectivity index (χ4n) is 5.80. The number of aromatic nitrogens is 2. The monoisotopic (exact) mass is 612 g/mol. The predicted octanol–water partition coefficient (Wildman–Crippen LogP) is 0.931. The van der Waals surface area contributed by atoms with Gasteiger partial charge in [0.05, 0.1) is 54.5 Å². The first-order chi connectivity index (χ1) is 22.0. The van der Waals surface area contributed by atoms with Gasteiger partial charge in [-0.15, -0.1) is 0 Å². The Morgan fingerprint density at radius 2 is 0.652 bits per heavy atom. The Bertz CT molecular complexity index is 2720. The molecule has 4 aromatic heterocycles. The van der Waals surface area contributed by atoms with Crippen LogP contribution < -0.4 is 44.7 Å². The second kappa shape index (κ2) is 9.06. The minimum atomic E-state index is -0.907. The topological polar surface area (TPSA) is 190 Å². The van der Waals surface area contributed by atoms with E-state index in [9.17, 15) is 43.2 Å². The van der Waals surface area contributed by atoms with E-state index in [2.05, 4.69) is 8.83 Å². The highest BCUT2D eigenvalue weighted by Gasteiger charge is 2.21. The Hall–Kier alpha value is -6.89. The van der Waals surface area contributed by atoms with Crippen molar-refractivity contribution in [3.63, 3.8) is 0 Å². The summed E-state index contributed by atoms with van der Waals surface area (Å²) in [4.78, 5) is 113. The summed E-state index contributed by atoms with van der Waals surface area (Å²) in [5.74, 6) is -0.440. The lowest BCUT2D eigenvalue weighted by Crippen LogP contribution is -2.23. The molecular formula is C33H12N2O11. The van der Waals surface area contributed by atoms with Gasteiger partial charge in [-0.2, -0.15) is 0 Å². The molecule has 0 amide bonds. The van der Waals surface area contributed by atoms with Gasteiger partial charge in [0, 0.05) is 11.1 Å². The van der Waals surface area contributed by atoms with Gasteiger partial charge < -0.3 is 8.83 Å². The standard InChI is InChI=1S/C33H12N2O11/c36-25(13-1-5-15(6-2-13)34-26(37)17-9-21-22(10-18(17)27(34)38)31(42)45-30(21)41)14-3-7-16(8-4-14)35-28(39)19-11-23-24(12-20(19)29(35)40)33(44)46-32(23)43/h1-12H. The van der Waals surface area contributed by atoms with E-state index in [4.69, 9.17) is 0 Å². The molecule has 0 spiro atoms. The zero-order valence-corrected chi connectivity index (χ0v) is 22.8. The highest BCUT2D eigenvalue weighted by atomic mass is 16.4. The number of hydrogen-bond acceptors (Lipinski definition) is 11. The summed E-state index contributed by atoms with van der Waals surface area (Å²) in [5.41, 5.74) is -5.78. The first-order valence-corrected chi connectivity index (χ1v) is 13.4. The summed E-state index contributed by atoms with van der Waals surface area (Å²) >= 11 is 0. The van der Waals surface area contributed by atoms with Crippen LogP contribution in [0.1, 0.15) is 15.9 Å². The predicted molar refractivity (Wildman–Crippen MR) is 164 cm³/mol. The second-order valence-electron chi connectivity index (χ2n) is 10.6. The SMILES string of the molecule is O=C(c1ccc(-n2c(=O)c3cc4c(=O)oc(=O)c4cc3c2=O)cc1)c1ccc(-n2c(=O)c3cc4c(=O)oc(=O)c4cc3c2=O)cc1. The maximum Gasteiger partial charge on any atom is 0.346 e. The third-order valence-corrected chi connectivity index (χ3v) is 8.08. The Balaban J connectivity index is 1.13. The minimum absolute atomic E-state index is 0.0613. The van der Waals surface area contributed by atoms with Gasteiger partial charge in [0.15, 0.2) is 5.78 Å².